The van der Waals surface area contributed by atoms with Crippen molar-refractivity contribution in [2.24, 2.45) is 11.8 Å². The molecule has 2 aliphatic rings. The summed E-state index contributed by atoms with van der Waals surface area (Å²) in [6.07, 6.45) is 4.33. The van der Waals surface area contributed by atoms with Gasteiger partial charge in [-0.3, -0.25) is 0 Å². The van der Waals surface area contributed by atoms with E-state index in [0.29, 0.717) is 11.8 Å². The lowest BCUT2D eigenvalue weighted by Crippen LogP contribution is -2.38. The minimum Gasteiger partial charge on any atom is -0.396 e. The third-order valence-electron chi connectivity index (χ3n) is 3.83. The van der Waals surface area contributed by atoms with E-state index in [1.807, 2.05) is 0 Å². The number of nitrogens with two attached hydrogens (primary N) is 1. The lowest BCUT2D eigenvalue weighted by Gasteiger charge is -2.17. The Morgan fingerprint density at radius 2 is 1.79 bits per heavy atom. The maximum absolute atomic E-state index is 13.4. The van der Waals surface area contributed by atoms with Gasteiger partial charge in [-0.05, 0) is 55.7 Å². The minimum atomic E-state index is -3.65. The van der Waals surface area contributed by atoms with E-state index in [4.69, 9.17) is 5.73 Å². The van der Waals surface area contributed by atoms with Gasteiger partial charge in [0.15, 0.2) is 0 Å². The number of nitrogens with one attached hydrogen (secondary N) is 1. The van der Waals surface area contributed by atoms with Crippen LogP contribution in [0.1, 0.15) is 25.7 Å². The predicted octanol–water partition coefficient (Wildman–Crippen LogP) is 1.87. The van der Waals surface area contributed by atoms with Crippen molar-refractivity contribution in [1.29, 1.82) is 0 Å². The molecule has 0 unspecified atom stereocenters. The fourth-order valence-electron chi connectivity index (χ4n) is 2.41. The van der Waals surface area contributed by atoms with Crippen molar-refractivity contribution in [2.45, 2.75) is 36.6 Å². The summed E-state index contributed by atoms with van der Waals surface area (Å²) in [5.74, 6) is 0.221. The maximum Gasteiger partial charge on any atom is 0.240 e. The van der Waals surface area contributed by atoms with Crippen molar-refractivity contribution in [3.05, 3.63) is 24.0 Å². The molecule has 3 rings (SSSR count). The highest BCUT2D eigenvalue weighted by molar-refractivity contribution is 7.89. The van der Waals surface area contributed by atoms with Gasteiger partial charge < -0.3 is 5.73 Å². The molecule has 6 heteroatoms. The summed E-state index contributed by atoms with van der Waals surface area (Å²) in [6.45, 7) is 0. The predicted molar refractivity (Wildman–Crippen MR) is 70.4 cm³/mol. The fraction of sp³-hybridized carbons (Fsp3) is 0.538. The molecule has 0 atom stereocenters. The second-order valence-electron chi connectivity index (χ2n) is 5.51. The second-order valence-corrected chi connectivity index (χ2v) is 7.22. The van der Waals surface area contributed by atoms with Crippen LogP contribution in [0.25, 0.3) is 0 Å². The number of sulfonamides is 1. The van der Waals surface area contributed by atoms with E-state index in [2.05, 4.69) is 4.72 Å². The van der Waals surface area contributed by atoms with E-state index >= 15 is 0 Å². The van der Waals surface area contributed by atoms with Gasteiger partial charge in [0.1, 0.15) is 5.82 Å². The third kappa shape index (κ3) is 2.74. The number of nitrogen functional groups attached to an aromatic ring is 1. The van der Waals surface area contributed by atoms with Gasteiger partial charge in [0, 0.05) is 6.04 Å². The fourth-order valence-corrected chi connectivity index (χ4v) is 3.80. The zero-order chi connectivity index (χ0) is 13.6. The molecule has 19 heavy (non-hydrogen) atoms. The van der Waals surface area contributed by atoms with Crippen molar-refractivity contribution in [1.82, 2.24) is 4.72 Å². The zero-order valence-electron chi connectivity index (χ0n) is 10.5. The normalized spacial score (nSPS) is 19.9. The molecule has 3 N–H and O–H groups in total. The van der Waals surface area contributed by atoms with Gasteiger partial charge in [-0.1, -0.05) is 0 Å². The molecule has 1 aromatic carbocycles. The van der Waals surface area contributed by atoms with Crippen LogP contribution in [0.3, 0.4) is 0 Å². The van der Waals surface area contributed by atoms with Gasteiger partial charge in [-0.25, -0.2) is 17.5 Å². The Bertz CT molecular complexity index is 583. The molecule has 2 fully saturated rings. The molecule has 4 nitrogen and oxygen atoms in total. The van der Waals surface area contributed by atoms with Crippen LogP contribution in [0, 0.1) is 17.7 Å². The lowest BCUT2D eigenvalue weighted by molar-refractivity contribution is 0.471. The third-order valence-corrected chi connectivity index (χ3v) is 5.29. The minimum absolute atomic E-state index is 0.0191. The highest BCUT2D eigenvalue weighted by Crippen LogP contribution is 2.45. The number of hydrogen-bond donors (Lipinski definition) is 2. The van der Waals surface area contributed by atoms with Crippen molar-refractivity contribution in [2.75, 3.05) is 5.73 Å². The molecule has 1 aromatic rings. The molecule has 0 aromatic heterocycles. The van der Waals surface area contributed by atoms with Crippen molar-refractivity contribution in [3.8, 4) is 0 Å². The molecule has 0 amide bonds. The summed E-state index contributed by atoms with van der Waals surface area (Å²) in [7, 11) is -3.65. The van der Waals surface area contributed by atoms with Crippen LogP contribution in [-0.4, -0.2) is 14.5 Å². The van der Waals surface area contributed by atoms with E-state index in [0.717, 1.165) is 31.7 Å². The molecule has 0 radical (unpaired) electrons. The lowest BCUT2D eigenvalue weighted by atomic mass is 10.1. The molecule has 2 aliphatic carbocycles. The van der Waals surface area contributed by atoms with E-state index in [-0.39, 0.29) is 16.6 Å². The van der Waals surface area contributed by atoms with Gasteiger partial charge in [-0.2, -0.15) is 0 Å². The van der Waals surface area contributed by atoms with Crippen LogP contribution in [0.15, 0.2) is 23.1 Å². The SMILES string of the molecule is Nc1ccc(S(=O)(=O)NC(C2CC2)C2CC2)cc1F. The highest BCUT2D eigenvalue weighted by Gasteiger charge is 2.43. The first-order valence-corrected chi connectivity index (χ1v) is 8.03. The standard InChI is InChI=1S/C13H17FN2O2S/c14-11-7-10(5-6-12(11)15)19(17,18)16-13(8-1-2-8)9-3-4-9/h5-9,13,16H,1-4,15H2. The number of hydrogen-bond acceptors (Lipinski definition) is 3. The second kappa shape index (κ2) is 4.45. The van der Waals surface area contributed by atoms with Gasteiger partial charge in [0.05, 0.1) is 10.6 Å². The van der Waals surface area contributed by atoms with Crippen molar-refractivity contribution < 1.29 is 12.8 Å². The van der Waals surface area contributed by atoms with Crippen LogP contribution in [0.5, 0.6) is 0 Å². The van der Waals surface area contributed by atoms with Crippen LogP contribution >= 0.6 is 0 Å². The molecular weight excluding hydrogens is 267 g/mol. The summed E-state index contributed by atoms with van der Waals surface area (Å²) in [4.78, 5) is -0.0505. The Labute approximate surface area is 112 Å². The number of halogens is 1. The first-order valence-electron chi connectivity index (χ1n) is 6.55. The van der Waals surface area contributed by atoms with Gasteiger partial charge >= 0.3 is 0 Å². The highest BCUT2D eigenvalue weighted by atomic mass is 32.2. The van der Waals surface area contributed by atoms with Crippen LogP contribution in [-0.2, 0) is 10.0 Å². The van der Waals surface area contributed by atoms with Crippen LogP contribution in [0.2, 0.25) is 0 Å². The monoisotopic (exact) mass is 284 g/mol. The number of benzene rings is 1. The average Bonchev–Trinajstić information content (AvgIpc) is 3.23. The first-order chi connectivity index (χ1) is 8.97. The van der Waals surface area contributed by atoms with E-state index in [1.165, 1.54) is 12.1 Å². The summed E-state index contributed by atoms with van der Waals surface area (Å²) < 4.78 is 40.6. The topological polar surface area (TPSA) is 72.2 Å². The largest absolute Gasteiger partial charge is 0.396 e. The summed E-state index contributed by atoms with van der Waals surface area (Å²) in [5.41, 5.74) is 5.32. The smallest absolute Gasteiger partial charge is 0.240 e. The quantitative estimate of drug-likeness (QED) is 0.811. The van der Waals surface area contributed by atoms with Crippen LogP contribution in [0.4, 0.5) is 10.1 Å². The van der Waals surface area contributed by atoms with Gasteiger partial charge in [0.2, 0.25) is 10.0 Å². The summed E-state index contributed by atoms with van der Waals surface area (Å²) >= 11 is 0. The molecule has 0 bridgehead atoms. The molecule has 0 saturated heterocycles. The average molecular weight is 284 g/mol. The van der Waals surface area contributed by atoms with Crippen molar-refractivity contribution >= 4 is 15.7 Å². The number of rotatable bonds is 5. The molecule has 104 valence electrons. The zero-order valence-corrected chi connectivity index (χ0v) is 11.3. The molecule has 2 saturated carbocycles. The maximum atomic E-state index is 13.4. The molecule has 0 spiro atoms. The van der Waals surface area contributed by atoms with E-state index in [1.54, 1.807) is 0 Å². The summed E-state index contributed by atoms with van der Waals surface area (Å²) in [5, 5.41) is 0. The first kappa shape index (κ1) is 12.9. The molecular formula is C13H17FN2O2S. The van der Waals surface area contributed by atoms with E-state index in [9.17, 15) is 12.8 Å². The Hall–Kier alpha value is -1.14. The Morgan fingerprint density at radius 1 is 1.21 bits per heavy atom. The number of anilines is 1. The Morgan fingerprint density at radius 3 is 2.26 bits per heavy atom. The summed E-state index contributed by atoms with van der Waals surface area (Å²) in [6, 6.07) is 3.63. The van der Waals surface area contributed by atoms with Gasteiger partial charge in [0.25, 0.3) is 0 Å². The Balaban J connectivity index is 1.82. The van der Waals surface area contributed by atoms with E-state index < -0.39 is 15.8 Å². The molecule has 0 heterocycles. The van der Waals surface area contributed by atoms with Crippen LogP contribution < -0.4 is 10.5 Å². The Kier molecular flexibility index (Phi) is 3.02. The molecule has 0 aliphatic heterocycles. The van der Waals surface area contributed by atoms with Gasteiger partial charge in [-0.15, -0.1) is 0 Å². The van der Waals surface area contributed by atoms with Crippen molar-refractivity contribution in [3.63, 3.8) is 0 Å².